The number of ketones is 1. The maximum Gasteiger partial charge on any atom is 0.248 e. The highest BCUT2D eigenvalue weighted by atomic mass is 32.2. The fraction of sp³-hybridized carbons (Fsp3) is 0.929. The van der Waals surface area contributed by atoms with Crippen LogP contribution in [0.2, 0.25) is 0 Å². The van der Waals surface area contributed by atoms with E-state index in [9.17, 15) is 22.0 Å². The Morgan fingerprint density at radius 3 is 2.43 bits per heavy atom. The molecule has 4 nitrogen and oxygen atoms in total. The van der Waals surface area contributed by atoms with Crippen molar-refractivity contribution in [2.75, 3.05) is 19.3 Å². The second-order valence-corrected chi connectivity index (χ2v) is 8.41. The minimum atomic E-state index is -3.21. The monoisotopic (exact) mass is 323 g/mol. The van der Waals surface area contributed by atoms with Crippen LogP contribution in [-0.4, -0.2) is 43.8 Å². The van der Waals surface area contributed by atoms with Crippen LogP contribution >= 0.6 is 0 Å². The van der Waals surface area contributed by atoms with Gasteiger partial charge >= 0.3 is 0 Å². The molecule has 0 amide bonds. The molecule has 21 heavy (non-hydrogen) atoms. The number of rotatable bonds is 4. The van der Waals surface area contributed by atoms with E-state index in [1.165, 1.54) is 10.6 Å². The topological polar surface area (TPSA) is 54.5 Å². The summed E-state index contributed by atoms with van der Waals surface area (Å²) in [7, 11) is -3.21. The number of alkyl halides is 2. The van der Waals surface area contributed by atoms with E-state index in [2.05, 4.69) is 0 Å². The van der Waals surface area contributed by atoms with Gasteiger partial charge < -0.3 is 0 Å². The highest BCUT2D eigenvalue weighted by Crippen LogP contribution is 2.37. The van der Waals surface area contributed by atoms with Gasteiger partial charge in [-0.3, -0.25) is 4.79 Å². The molecule has 1 saturated heterocycles. The van der Waals surface area contributed by atoms with Crippen LogP contribution in [0.5, 0.6) is 0 Å². The predicted molar refractivity (Wildman–Crippen MR) is 75.7 cm³/mol. The standard InChI is InChI=1S/C14H23F2NO3S/c1-21(19,20)17-8-2-3-11(10-17)9-13(18)12-4-6-14(15,16)7-5-12/h11-12H,2-10H2,1H3. The number of carbonyl (C=O) groups excluding carboxylic acids is 1. The number of hydrogen-bond acceptors (Lipinski definition) is 3. The predicted octanol–water partition coefficient (Wildman–Crippen LogP) is 2.44. The lowest BCUT2D eigenvalue weighted by atomic mass is 9.80. The third-order valence-corrected chi connectivity index (χ3v) is 5.88. The number of halogens is 2. The summed E-state index contributed by atoms with van der Waals surface area (Å²) in [6.45, 7) is 0.895. The van der Waals surface area contributed by atoms with Crippen molar-refractivity contribution < 1.29 is 22.0 Å². The molecule has 0 spiro atoms. The van der Waals surface area contributed by atoms with E-state index in [1.807, 2.05) is 0 Å². The highest BCUT2D eigenvalue weighted by molar-refractivity contribution is 7.88. The molecule has 0 N–H and O–H groups in total. The third kappa shape index (κ3) is 4.71. The maximum atomic E-state index is 13.1. The van der Waals surface area contributed by atoms with Crippen molar-refractivity contribution >= 4 is 15.8 Å². The molecule has 0 aromatic heterocycles. The van der Waals surface area contributed by atoms with Crippen LogP contribution in [0.25, 0.3) is 0 Å². The molecule has 2 fully saturated rings. The van der Waals surface area contributed by atoms with Crippen LogP contribution in [0.15, 0.2) is 0 Å². The molecule has 1 saturated carbocycles. The van der Waals surface area contributed by atoms with Crippen molar-refractivity contribution in [1.82, 2.24) is 4.31 Å². The van der Waals surface area contributed by atoms with Gasteiger partial charge in [0.2, 0.25) is 15.9 Å². The van der Waals surface area contributed by atoms with E-state index in [0.29, 0.717) is 19.5 Å². The molecule has 0 aromatic carbocycles. The van der Waals surface area contributed by atoms with Crippen molar-refractivity contribution in [2.45, 2.75) is 50.9 Å². The summed E-state index contributed by atoms with van der Waals surface area (Å²) in [4.78, 5) is 12.2. The van der Waals surface area contributed by atoms with Gasteiger partial charge in [0.15, 0.2) is 0 Å². The normalized spacial score (nSPS) is 28.4. The maximum absolute atomic E-state index is 13.1. The molecule has 0 radical (unpaired) electrons. The summed E-state index contributed by atoms with van der Waals surface area (Å²) in [5.41, 5.74) is 0. The largest absolute Gasteiger partial charge is 0.299 e. The lowest BCUT2D eigenvalue weighted by Crippen LogP contribution is -2.40. The van der Waals surface area contributed by atoms with Crippen molar-refractivity contribution in [2.24, 2.45) is 11.8 Å². The first-order valence-corrected chi connectivity index (χ1v) is 9.38. The SMILES string of the molecule is CS(=O)(=O)N1CCCC(CC(=O)C2CCC(F)(F)CC2)C1. The van der Waals surface area contributed by atoms with Crippen LogP contribution in [0.1, 0.15) is 44.9 Å². The minimum absolute atomic E-state index is 0.0309. The molecule has 1 atom stereocenters. The van der Waals surface area contributed by atoms with Gasteiger partial charge in [-0.25, -0.2) is 21.5 Å². The van der Waals surface area contributed by atoms with Gasteiger partial charge in [-0.15, -0.1) is 0 Å². The molecule has 0 bridgehead atoms. The first-order chi connectivity index (χ1) is 9.67. The first kappa shape index (κ1) is 16.8. The molecule has 2 rings (SSSR count). The van der Waals surface area contributed by atoms with E-state index in [-0.39, 0.29) is 43.3 Å². The highest BCUT2D eigenvalue weighted by Gasteiger charge is 2.38. The molecule has 1 unspecified atom stereocenters. The van der Waals surface area contributed by atoms with Gasteiger partial charge in [0.1, 0.15) is 5.78 Å². The molecular formula is C14H23F2NO3S. The lowest BCUT2D eigenvalue weighted by Gasteiger charge is -2.32. The van der Waals surface area contributed by atoms with E-state index in [4.69, 9.17) is 0 Å². The molecular weight excluding hydrogens is 300 g/mol. The summed E-state index contributed by atoms with van der Waals surface area (Å²) < 4.78 is 50.7. The third-order valence-electron chi connectivity index (χ3n) is 4.61. The minimum Gasteiger partial charge on any atom is -0.299 e. The Labute approximate surface area is 124 Å². The van der Waals surface area contributed by atoms with Gasteiger partial charge in [-0.1, -0.05) is 0 Å². The molecule has 1 aliphatic carbocycles. The Morgan fingerprint density at radius 2 is 1.86 bits per heavy atom. The van der Waals surface area contributed by atoms with E-state index >= 15 is 0 Å². The molecule has 1 aliphatic heterocycles. The average molecular weight is 323 g/mol. The van der Waals surface area contributed by atoms with E-state index in [1.54, 1.807) is 0 Å². The zero-order valence-electron chi connectivity index (χ0n) is 12.4. The first-order valence-electron chi connectivity index (χ1n) is 7.53. The summed E-state index contributed by atoms with van der Waals surface area (Å²) in [6.07, 6.45) is 3.20. The van der Waals surface area contributed by atoms with E-state index < -0.39 is 15.9 Å². The average Bonchev–Trinajstić information content (AvgIpc) is 2.37. The lowest BCUT2D eigenvalue weighted by molar-refractivity contribution is -0.128. The van der Waals surface area contributed by atoms with Crippen LogP contribution < -0.4 is 0 Å². The second kappa shape index (κ2) is 6.28. The molecule has 0 aromatic rings. The van der Waals surface area contributed by atoms with Gasteiger partial charge in [0, 0.05) is 38.3 Å². The van der Waals surface area contributed by atoms with E-state index in [0.717, 1.165) is 12.8 Å². The quantitative estimate of drug-likeness (QED) is 0.798. The second-order valence-electron chi connectivity index (χ2n) is 6.43. The van der Waals surface area contributed by atoms with Crippen molar-refractivity contribution in [3.63, 3.8) is 0 Å². The number of carbonyl (C=O) groups is 1. The van der Waals surface area contributed by atoms with Crippen LogP contribution in [-0.2, 0) is 14.8 Å². The summed E-state index contributed by atoms with van der Waals surface area (Å²) in [6, 6.07) is 0. The van der Waals surface area contributed by atoms with Crippen LogP contribution in [0, 0.1) is 11.8 Å². The fourth-order valence-electron chi connectivity index (χ4n) is 3.31. The number of hydrogen-bond donors (Lipinski definition) is 0. The Morgan fingerprint density at radius 1 is 1.24 bits per heavy atom. The Bertz CT molecular complexity index is 482. The Hall–Kier alpha value is -0.560. The number of sulfonamides is 1. The summed E-state index contributed by atoms with van der Waals surface area (Å²) >= 11 is 0. The van der Waals surface area contributed by atoms with Crippen molar-refractivity contribution in [3.05, 3.63) is 0 Å². The number of Topliss-reactive ketones (excluding diaryl/α,β-unsaturated/α-hetero) is 1. The molecule has 7 heteroatoms. The smallest absolute Gasteiger partial charge is 0.248 e. The van der Waals surface area contributed by atoms with Crippen molar-refractivity contribution in [3.8, 4) is 0 Å². The van der Waals surface area contributed by atoms with Gasteiger partial charge in [-0.05, 0) is 31.6 Å². The number of nitrogens with zero attached hydrogens (tertiary/aromatic N) is 1. The molecule has 2 aliphatic rings. The van der Waals surface area contributed by atoms with Crippen LogP contribution in [0.4, 0.5) is 8.78 Å². The molecule has 122 valence electrons. The summed E-state index contributed by atoms with van der Waals surface area (Å²) in [5.74, 6) is -2.82. The van der Waals surface area contributed by atoms with Crippen molar-refractivity contribution in [1.29, 1.82) is 0 Å². The summed E-state index contributed by atoms with van der Waals surface area (Å²) in [5, 5.41) is 0. The van der Waals surface area contributed by atoms with Gasteiger partial charge in [0.25, 0.3) is 0 Å². The zero-order valence-corrected chi connectivity index (χ0v) is 13.2. The van der Waals surface area contributed by atoms with Gasteiger partial charge in [0.05, 0.1) is 6.26 Å². The fourth-order valence-corrected chi connectivity index (χ4v) is 4.25. The van der Waals surface area contributed by atoms with Crippen LogP contribution in [0.3, 0.4) is 0 Å². The Balaban J connectivity index is 1.85. The zero-order chi connectivity index (χ0) is 15.7. The number of piperidine rings is 1. The Kier molecular flexibility index (Phi) is 5.03. The van der Waals surface area contributed by atoms with Gasteiger partial charge in [-0.2, -0.15) is 0 Å². The molecule has 1 heterocycles.